The molecule has 0 atom stereocenters. The van der Waals surface area contributed by atoms with Crippen LogP contribution in [0.1, 0.15) is 26.3 Å². The third-order valence-electron chi connectivity index (χ3n) is 1.70. The summed E-state index contributed by atoms with van der Waals surface area (Å²) < 4.78 is 0. The third-order valence-corrected chi connectivity index (χ3v) is 1.70. The van der Waals surface area contributed by atoms with E-state index >= 15 is 0 Å². The Morgan fingerprint density at radius 3 is 2.38 bits per heavy atom. The van der Waals surface area contributed by atoms with Crippen molar-refractivity contribution < 1.29 is 5.11 Å². The predicted octanol–water partition coefficient (Wildman–Crippen LogP) is 2.39. The maximum atomic E-state index is 9.08. The van der Waals surface area contributed by atoms with E-state index in [0.29, 0.717) is 0 Å². The van der Waals surface area contributed by atoms with Crippen LogP contribution in [0, 0.1) is 0 Å². The van der Waals surface area contributed by atoms with Gasteiger partial charge in [0.25, 0.3) is 0 Å². The molecular formula is C11H17NO. The zero-order valence-corrected chi connectivity index (χ0v) is 8.46. The normalized spacial score (nSPS) is 11.4. The van der Waals surface area contributed by atoms with Gasteiger partial charge >= 0.3 is 0 Å². The lowest BCUT2D eigenvalue weighted by atomic mass is 10.1. The van der Waals surface area contributed by atoms with Gasteiger partial charge in [-0.3, -0.25) is 0 Å². The van der Waals surface area contributed by atoms with E-state index in [-0.39, 0.29) is 12.1 Å². The highest BCUT2D eigenvalue weighted by Crippen LogP contribution is 2.19. The molecular weight excluding hydrogens is 162 g/mol. The van der Waals surface area contributed by atoms with Gasteiger partial charge < -0.3 is 10.4 Å². The molecule has 1 rings (SSSR count). The zero-order valence-electron chi connectivity index (χ0n) is 8.46. The van der Waals surface area contributed by atoms with Crippen molar-refractivity contribution >= 4 is 5.69 Å². The van der Waals surface area contributed by atoms with Crippen molar-refractivity contribution in [2.24, 2.45) is 0 Å². The molecule has 2 N–H and O–H groups in total. The van der Waals surface area contributed by atoms with Gasteiger partial charge in [-0.25, -0.2) is 0 Å². The minimum Gasteiger partial charge on any atom is -0.392 e. The highest BCUT2D eigenvalue weighted by Gasteiger charge is 2.10. The van der Waals surface area contributed by atoms with Gasteiger partial charge in [0.05, 0.1) is 6.61 Å². The Kier molecular flexibility index (Phi) is 2.94. The van der Waals surface area contributed by atoms with E-state index in [2.05, 4.69) is 26.1 Å². The maximum Gasteiger partial charge on any atom is 0.0701 e. The summed E-state index contributed by atoms with van der Waals surface area (Å²) in [6.45, 7) is 6.38. The second-order valence-corrected chi connectivity index (χ2v) is 4.19. The largest absolute Gasteiger partial charge is 0.392 e. The second kappa shape index (κ2) is 3.79. The SMILES string of the molecule is CC(C)(C)Nc1ccccc1CO. The second-order valence-electron chi connectivity index (χ2n) is 4.19. The Hall–Kier alpha value is -1.02. The topological polar surface area (TPSA) is 32.3 Å². The molecule has 2 nitrogen and oxygen atoms in total. The van der Waals surface area contributed by atoms with Crippen molar-refractivity contribution in [3.8, 4) is 0 Å². The number of aliphatic hydroxyl groups excluding tert-OH is 1. The number of aliphatic hydroxyl groups is 1. The first-order chi connectivity index (χ1) is 6.03. The minimum absolute atomic E-state index is 0.0330. The smallest absolute Gasteiger partial charge is 0.0701 e. The summed E-state index contributed by atoms with van der Waals surface area (Å²) in [5.74, 6) is 0. The van der Waals surface area contributed by atoms with Crippen molar-refractivity contribution in [2.75, 3.05) is 5.32 Å². The molecule has 0 unspecified atom stereocenters. The number of rotatable bonds is 2. The molecule has 0 saturated carbocycles. The van der Waals surface area contributed by atoms with Crippen LogP contribution < -0.4 is 5.32 Å². The highest BCUT2D eigenvalue weighted by atomic mass is 16.3. The fraction of sp³-hybridized carbons (Fsp3) is 0.455. The molecule has 72 valence electrons. The first-order valence-corrected chi connectivity index (χ1v) is 4.50. The summed E-state index contributed by atoms with van der Waals surface area (Å²) in [4.78, 5) is 0. The Morgan fingerprint density at radius 1 is 1.23 bits per heavy atom. The standard InChI is InChI=1S/C11H17NO/c1-11(2,3)12-10-7-5-4-6-9(10)8-13/h4-7,12-13H,8H2,1-3H3. The van der Waals surface area contributed by atoms with E-state index in [4.69, 9.17) is 5.11 Å². The minimum atomic E-state index is 0.0330. The Balaban J connectivity index is 2.87. The van der Waals surface area contributed by atoms with Gasteiger partial charge in [-0.1, -0.05) is 18.2 Å². The lowest BCUT2D eigenvalue weighted by molar-refractivity contribution is 0.282. The van der Waals surface area contributed by atoms with Crippen molar-refractivity contribution in [1.29, 1.82) is 0 Å². The molecule has 13 heavy (non-hydrogen) atoms. The molecule has 0 bridgehead atoms. The Morgan fingerprint density at radius 2 is 1.85 bits per heavy atom. The summed E-state index contributed by atoms with van der Waals surface area (Å²) >= 11 is 0. The van der Waals surface area contributed by atoms with Crippen LogP contribution in [0.5, 0.6) is 0 Å². The van der Waals surface area contributed by atoms with Crippen LogP contribution in [0.4, 0.5) is 5.69 Å². The third kappa shape index (κ3) is 3.07. The van der Waals surface area contributed by atoms with Crippen LogP contribution in [-0.2, 0) is 6.61 Å². The molecule has 0 aliphatic carbocycles. The summed E-state index contributed by atoms with van der Waals surface area (Å²) in [6, 6.07) is 7.80. The molecule has 0 aliphatic heterocycles. The van der Waals surface area contributed by atoms with Crippen LogP contribution in [0.3, 0.4) is 0 Å². The summed E-state index contributed by atoms with van der Waals surface area (Å²) in [7, 11) is 0. The van der Waals surface area contributed by atoms with Gasteiger partial charge in [0.1, 0.15) is 0 Å². The summed E-state index contributed by atoms with van der Waals surface area (Å²) in [6.07, 6.45) is 0. The van der Waals surface area contributed by atoms with E-state index in [1.54, 1.807) is 0 Å². The molecule has 1 aromatic rings. The van der Waals surface area contributed by atoms with E-state index < -0.39 is 0 Å². The van der Waals surface area contributed by atoms with E-state index in [9.17, 15) is 0 Å². The molecule has 0 heterocycles. The fourth-order valence-corrected chi connectivity index (χ4v) is 1.18. The van der Waals surface area contributed by atoms with Crippen molar-refractivity contribution in [2.45, 2.75) is 32.9 Å². The van der Waals surface area contributed by atoms with E-state index in [1.165, 1.54) is 0 Å². The molecule has 0 fully saturated rings. The predicted molar refractivity (Wildman–Crippen MR) is 55.7 cm³/mol. The number of anilines is 1. The summed E-state index contributed by atoms with van der Waals surface area (Å²) in [5, 5.41) is 12.4. The molecule has 0 aromatic heterocycles. The Labute approximate surface area is 79.6 Å². The average Bonchev–Trinajstić information content (AvgIpc) is 2.02. The van der Waals surface area contributed by atoms with E-state index in [0.717, 1.165) is 11.3 Å². The molecule has 0 amide bonds. The monoisotopic (exact) mass is 179 g/mol. The van der Waals surface area contributed by atoms with Gasteiger partial charge in [-0.05, 0) is 26.8 Å². The number of hydrogen-bond acceptors (Lipinski definition) is 2. The Bertz CT molecular complexity index is 276. The first kappa shape index (κ1) is 10.1. The van der Waals surface area contributed by atoms with Gasteiger partial charge in [0.15, 0.2) is 0 Å². The van der Waals surface area contributed by atoms with Gasteiger partial charge in [-0.2, -0.15) is 0 Å². The lowest BCUT2D eigenvalue weighted by Crippen LogP contribution is -2.26. The maximum absolute atomic E-state index is 9.08. The number of benzene rings is 1. The molecule has 0 spiro atoms. The number of nitrogens with one attached hydrogen (secondary N) is 1. The average molecular weight is 179 g/mol. The fourth-order valence-electron chi connectivity index (χ4n) is 1.18. The van der Waals surface area contributed by atoms with Gasteiger partial charge in [0, 0.05) is 16.8 Å². The molecule has 0 aliphatic rings. The lowest BCUT2D eigenvalue weighted by Gasteiger charge is -2.23. The van der Waals surface area contributed by atoms with Crippen LogP contribution in [-0.4, -0.2) is 10.6 Å². The van der Waals surface area contributed by atoms with E-state index in [1.807, 2.05) is 24.3 Å². The molecule has 1 aromatic carbocycles. The van der Waals surface area contributed by atoms with Gasteiger partial charge in [0.2, 0.25) is 0 Å². The molecule has 0 radical (unpaired) electrons. The number of para-hydroxylation sites is 1. The van der Waals surface area contributed by atoms with Crippen LogP contribution in [0.25, 0.3) is 0 Å². The molecule has 0 saturated heterocycles. The van der Waals surface area contributed by atoms with Crippen molar-refractivity contribution in [3.63, 3.8) is 0 Å². The van der Waals surface area contributed by atoms with Crippen molar-refractivity contribution in [3.05, 3.63) is 29.8 Å². The highest BCUT2D eigenvalue weighted by molar-refractivity contribution is 5.52. The van der Waals surface area contributed by atoms with Gasteiger partial charge in [-0.15, -0.1) is 0 Å². The zero-order chi connectivity index (χ0) is 9.90. The van der Waals surface area contributed by atoms with Crippen LogP contribution >= 0.6 is 0 Å². The summed E-state index contributed by atoms with van der Waals surface area (Å²) in [5.41, 5.74) is 1.99. The molecule has 2 heteroatoms. The first-order valence-electron chi connectivity index (χ1n) is 4.50. The van der Waals surface area contributed by atoms with Crippen LogP contribution in [0.15, 0.2) is 24.3 Å². The quantitative estimate of drug-likeness (QED) is 0.730. The number of hydrogen-bond donors (Lipinski definition) is 2. The van der Waals surface area contributed by atoms with Crippen molar-refractivity contribution in [1.82, 2.24) is 0 Å². The van der Waals surface area contributed by atoms with Crippen LogP contribution in [0.2, 0.25) is 0 Å².